The Bertz CT molecular complexity index is 576. The third kappa shape index (κ3) is 5.82. The van der Waals surface area contributed by atoms with Crippen molar-refractivity contribution in [3.8, 4) is 11.5 Å². The zero-order valence-corrected chi connectivity index (χ0v) is 16.7. The van der Waals surface area contributed by atoms with E-state index in [-0.39, 0.29) is 6.03 Å². The van der Waals surface area contributed by atoms with Gasteiger partial charge in [0, 0.05) is 19.6 Å². The van der Waals surface area contributed by atoms with Crippen molar-refractivity contribution >= 4 is 6.03 Å². The molecule has 5 nitrogen and oxygen atoms in total. The Morgan fingerprint density at radius 1 is 1.31 bits per heavy atom. The van der Waals surface area contributed by atoms with Gasteiger partial charge in [-0.3, -0.25) is 0 Å². The number of hydrogen-bond acceptors (Lipinski definition) is 3. The number of unbranched alkanes of at least 4 members (excludes halogenated alkanes) is 1. The number of carbonyl (C=O) groups is 1. The lowest BCUT2D eigenvalue weighted by molar-refractivity contribution is 0.160. The van der Waals surface area contributed by atoms with Gasteiger partial charge in [-0.2, -0.15) is 0 Å². The molecule has 0 radical (unpaired) electrons. The van der Waals surface area contributed by atoms with E-state index in [1.165, 1.54) is 12.8 Å². The molecule has 1 aliphatic rings. The maximum absolute atomic E-state index is 12.5. The normalized spacial score (nSPS) is 19.7. The average Bonchev–Trinajstić information content (AvgIpc) is 2.66. The molecule has 1 saturated carbocycles. The summed E-state index contributed by atoms with van der Waals surface area (Å²) in [6.45, 7) is 5.58. The summed E-state index contributed by atoms with van der Waals surface area (Å²) >= 11 is 0. The Morgan fingerprint density at radius 3 is 2.81 bits per heavy atom. The van der Waals surface area contributed by atoms with Gasteiger partial charge in [-0.15, -0.1) is 0 Å². The number of methoxy groups -OCH3 is 1. The molecule has 1 N–H and O–H groups in total. The fraction of sp³-hybridized carbons (Fsp3) is 0.667. The summed E-state index contributed by atoms with van der Waals surface area (Å²) in [5.74, 6) is 2.17. The highest BCUT2D eigenvalue weighted by Gasteiger charge is 2.25. The molecule has 0 heterocycles. The van der Waals surface area contributed by atoms with Crippen molar-refractivity contribution in [1.82, 2.24) is 10.2 Å². The predicted octanol–water partition coefficient (Wildman–Crippen LogP) is 4.59. The zero-order chi connectivity index (χ0) is 18.9. The minimum absolute atomic E-state index is 0.00802. The summed E-state index contributed by atoms with van der Waals surface area (Å²) in [6, 6.07) is 6.17. The van der Waals surface area contributed by atoms with Gasteiger partial charge in [-0.1, -0.05) is 39.2 Å². The van der Waals surface area contributed by atoms with E-state index in [2.05, 4.69) is 19.2 Å². The first-order valence-corrected chi connectivity index (χ1v) is 9.85. The van der Waals surface area contributed by atoms with E-state index in [9.17, 15) is 4.79 Å². The van der Waals surface area contributed by atoms with E-state index in [1.807, 2.05) is 30.1 Å². The number of benzene rings is 1. The second-order valence-electron chi connectivity index (χ2n) is 7.38. The number of urea groups is 1. The average molecular weight is 363 g/mol. The predicted molar refractivity (Wildman–Crippen MR) is 105 cm³/mol. The van der Waals surface area contributed by atoms with Gasteiger partial charge in [0.25, 0.3) is 0 Å². The molecule has 2 atom stereocenters. The van der Waals surface area contributed by atoms with E-state index < -0.39 is 0 Å². The molecule has 2 rings (SSSR count). The van der Waals surface area contributed by atoms with Crippen LogP contribution in [0.5, 0.6) is 11.5 Å². The van der Waals surface area contributed by atoms with Gasteiger partial charge in [-0.25, -0.2) is 4.79 Å². The van der Waals surface area contributed by atoms with E-state index in [0.29, 0.717) is 30.9 Å². The van der Waals surface area contributed by atoms with Gasteiger partial charge in [0.2, 0.25) is 0 Å². The number of hydrogen-bond donors (Lipinski definition) is 1. The molecule has 2 unspecified atom stereocenters. The van der Waals surface area contributed by atoms with E-state index in [0.717, 1.165) is 37.0 Å². The summed E-state index contributed by atoms with van der Waals surface area (Å²) in [4.78, 5) is 14.3. The molecule has 1 fully saturated rings. The zero-order valence-electron chi connectivity index (χ0n) is 16.7. The number of rotatable bonds is 8. The molecular formula is C21H34N2O3. The summed E-state index contributed by atoms with van der Waals surface area (Å²) in [5, 5.41) is 3.02. The van der Waals surface area contributed by atoms with Crippen molar-refractivity contribution < 1.29 is 14.3 Å². The van der Waals surface area contributed by atoms with Crippen LogP contribution in [0.25, 0.3) is 0 Å². The molecule has 1 aliphatic carbocycles. The van der Waals surface area contributed by atoms with Crippen LogP contribution >= 0.6 is 0 Å². The lowest BCUT2D eigenvalue weighted by atomic mass is 9.86. The first kappa shape index (κ1) is 20.4. The maximum atomic E-state index is 12.5. The summed E-state index contributed by atoms with van der Waals surface area (Å²) < 4.78 is 11.2. The van der Waals surface area contributed by atoms with E-state index in [4.69, 9.17) is 9.47 Å². The first-order chi connectivity index (χ1) is 12.5. The fourth-order valence-electron chi connectivity index (χ4n) is 3.49. The van der Waals surface area contributed by atoms with Gasteiger partial charge < -0.3 is 19.7 Å². The van der Waals surface area contributed by atoms with Crippen LogP contribution in [0.3, 0.4) is 0 Å². The van der Waals surface area contributed by atoms with Gasteiger partial charge in [0.05, 0.1) is 13.7 Å². The van der Waals surface area contributed by atoms with Crippen molar-refractivity contribution in [3.63, 3.8) is 0 Å². The molecule has 1 aromatic carbocycles. The van der Waals surface area contributed by atoms with Crippen LogP contribution in [0.4, 0.5) is 4.79 Å². The van der Waals surface area contributed by atoms with Crippen LogP contribution in [0.2, 0.25) is 0 Å². The maximum Gasteiger partial charge on any atom is 0.317 e. The topological polar surface area (TPSA) is 50.8 Å². The Labute approximate surface area is 158 Å². The van der Waals surface area contributed by atoms with Gasteiger partial charge in [0.15, 0.2) is 11.5 Å². The molecule has 26 heavy (non-hydrogen) atoms. The van der Waals surface area contributed by atoms with Crippen molar-refractivity contribution in [2.24, 2.45) is 5.92 Å². The summed E-state index contributed by atoms with van der Waals surface area (Å²) in [6.07, 6.45) is 6.80. The quantitative estimate of drug-likeness (QED) is 0.688. The Hall–Kier alpha value is -1.91. The van der Waals surface area contributed by atoms with Gasteiger partial charge >= 0.3 is 6.03 Å². The monoisotopic (exact) mass is 362 g/mol. The van der Waals surface area contributed by atoms with Crippen molar-refractivity contribution in [1.29, 1.82) is 0 Å². The lowest BCUT2D eigenvalue weighted by Crippen LogP contribution is -2.45. The minimum Gasteiger partial charge on any atom is -0.493 e. The van der Waals surface area contributed by atoms with Crippen molar-refractivity contribution in [2.75, 3.05) is 20.8 Å². The molecule has 0 bridgehead atoms. The highest BCUT2D eigenvalue weighted by Crippen LogP contribution is 2.29. The van der Waals surface area contributed by atoms with Crippen LogP contribution < -0.4 is 14.8 Å². The first-order valence-electron chi connectivity index (χ1n) is 9.85. The third-order valence-electron chi connectivity index (χ3n) is 5.20. The molecule has 0 saturated heterocycles. The van der Waals surface area contributed by atoms with Crippen LogP contribution in [0, 0.1) is 5.92 Å². The Kier molecular flexibility index (Phi) is 8.07. The third-order valence-corrected chi connectivity index (χ3v) is 5.20. The highest BCUT2D eigenvalue weighted by molar-refractivity contribution is 5.74. The molecule has 2 amide bonds. The minimum atomic E-state index is -0.00802. The SMILES string of the molecule is CCCCOc1ccc(CNC(=O)N(C)C2CCCC(C)C2)cc1OC. The second-order valence-corrected chi connectivity index (χ2v) is 7.38. The molecule has 146 valence electrons. The smallest absolute Gasteiger partial charge is 0.317 e. The molecule has 5 heteroatoms. The Morgan fingerprint density at radius 2 is 2.12 bits per heavy atom. The number of nitrogens with zero attached hydrogens (tertiary/aromatic N) is 1. The standard InChI is InChI=1S/C21H34N2O3/c1-5-6-12-26-19-11-10-17(14-20(19)25-4)15-22-21(24)23(3)18-9-7-8-16(2)13-18/h10-11,14,16,18H,5-9,12-13,15H2,1-4H3,(H,22,24). The van der Waals surface area contributed by atoms with E-state index >= 15 is 0 Å². The number of nitrogens with one attached hydrogen (secondary N) is 1. The number of ether oxygens (including phenoxy) is 2. The largest absolute Gasteiger partial charge is 0.493 e. The highest BCUT2D eigenvalue weighted by atomic mass is 16.5. The number of amides is 2. The molecular weight excluding hydrogens is 328 g/mol. The molecule has 0 aromatic heterocycles. The Balaban J connectivity index is 1.88. The van der Waals surface area contributed by atoms with Gasteiger partial charge in [0.1, 0.15) is 0 Å². The van der Waals surface area contributed by atoms with Crippen molar-refractivity contribution in [2.45, 2.75) is 65.0 Å². The summed E-state index contributed by atoms with van der Waals surface area (Å²) in [5.41, 5.74) is 1.00. The van der Waals surface area contributed by atoms with Crippen LogP contribution in [0.15, 0.2) is 18.2 Å². The van der Waals surface area contributed by atoms with Crippen LogP contribution in [-0.4, -0.2) is 37.7 Å². The summed E-state index contributed by atoms with van der Waals surface area (Å²) in [7, 11) is 3.55. The van der Waals surface area contributed by atoms with Crippen molar-refractivity contribution in [3.05, 3.63) is 23.8 Å². The van der Waals surface area contributed by atoms with Crippen LogP contribution in [0.1, 0.15) is 57.9 Å². The molecule has 0 spiro atoms. The van der Waals surface area contributed by atoms with Gasteiger partial charge in [-0.05, 0) is 42.9 Å². The lowest BCUT2D eigenvalue weighted by Gasteiger charge is -2.34. The number of carbonyl (C=O) groups excluding carboxylic acids is 1. The van der Waals surface area contributed by atoms with E-state index in [1.54, 1.807) is 7.11 Å². The van der Waals surface area contributed by atoms with Crippen LogP contribution in [-0.2, 0) is 6.54 Å². The second kappa shape index (κ2) is 10.3. The fourth-order valence-corrected chi connectivity index (χ4v) is 3.49. The molecule has 1 aromatic rings. The molecule has 0 aliphatic heterocycles.